The van der Waals surface area contributed by atoms with Crippen LogP contribution in [0.1, 0.15) is 48.5 Å². The summed E-state index contributed by atoms with van der Waals surface area (Å²) in [6, 6.07) is 4.94. The van der Waals surface area contributed by atoms with Crippen LogP contribution in [0.2, 0.25) is 0 Å². The van der Waals surface area contributed by atoms with Gasteiger partial charge in [0.15, 0.2) is 6.61 Å². The van der Waals surface area contributed by atoms with E-state index in [1.165, 1.54) is 16.8 Å². The maximum atomic E-state index is 12.2. The van der Waals surface area contributed by atoms with Gasteiger partial charge in [-0.15, -0.1) is 0 Å². The Morgan fingerprint density at radius 3 is 2.70 bits per heavy atom. The molecule has 1 N–H and O–H groups in total. The summed E-state index contributed by atoms with van der Waals surface area (Å²) < 4.78 is 30.0. The van der Waals surface area contributed by atoms with Gasteiger partial charge in [-0.3, -0.25) is 9.10 Å². The van der Waals surface area contributed by atoms with Gasteiger partial charge in [-0.2, -0.15) is 0 Å². The third-order valence-corrected chi connectivity index (χ3v) is 6.54. The van der Waals surface area contributed by atoms with Crippen molar-refractivity contribution in [2.24, 2.45) is 5.92 Å². The molecule has 0 saturated heterocycles. The third kappa shape index (κ3) is 4.61. The predicted octanol–water partition coefficient (Wildman–Crippen LogP) is 1.86. The molecule has 1 heterocycles. The van der Waals surface area contributed by atoms with E-state index in [1.54, 1.807) is 12.1 Å². The summed E-state index contributed by atoms with van der Waals surface area (Å²) in [6.45, 7) is 2.18. The maximum absolute atomic E-state index is 12.2. The first-order valence-electron chi connectivity index (χ1n) is 9.33. The van der Waals surface area contributed by atoms with Crippen molar-refractivity contribution < 1.29 is 22.7 Å². The Hall–Kier alpha value is -2.09. The van der Waals surface area contributed by atoms with Crippen molar-refractivity contribution in [1.82, 2.24) is 5.32 Å². The summed E-state index contributed by atoms with van der Waals surface area (Å²) in [5.74, 6) is -0.429. The summed E-state index contributed by atoms with van der Waals surface area (Å²) in [7, 11) is -3.33. The Morgan fingerprint density at radius 2 is 2.00 bits per heavy atom. The van der Waals surface area contributed by atoms with Crippen molar-refractivity contribution in [3.63, 3.8) is 0 Å². The Morgan fingerprint density at radius 1 is 1.26 bits per heavy atom. The van der Waals surface area contributed by atoms with E-state index in [1.807, 2.05) is 0 Å². The molecule has 0 spiro atoms. The predicted molar refractivity (Wildman–Crippen MR) is 102 cm³/mol. The molecule has 7 nitrogen and oxygen atoms in total. The van der Waals surface area contributed by atoms with Crippen molar-refractivity contribution in [3.8, 4) is 0 Å². The molecule has 1 saturated carbocycles. The van der Waals surface area contributed by atoms with Crippen molar-refractivity contribution in [3.05, 3.63) is 29.3 Å². The molecule has 1 aliphatic carbocycles. The molecule has 0 radical (unpaired) electrons. The quantitative estimate of drug-likeness (QED) is 0.770. The average molecular weight is 394 g/mol. The third-order valence-electron chi connectivity index (χ3n) is 5.36. The van der Waals surface area contributed by atoms with Gasteiger partial charge in [-0.05, 0) is 48.9 Å². The number of esters is 1. The van der Waals surface area contributed by atoms with Gasteiger partial charge in [0.1, 0.15) is 0 Å². The molecular formula is C19H26N2O5S. The molecule has 8 heteroatoms. The summed E-state index contributed by atoms with van der Waals surface area (Å²) in [5, 5.41) is 2.95. The van der Waals surface area contributed by atoms with Crippen LogP contribution in [0.15, 0.2) is 18.2 Å². The van der Waals surface area contributed by atoms with Crippen molar-refractivity contribution in [2.75, 3.05) is 23.7 Å². The summed E-state index contributed by atoms with van der Waals surface area (Å²) in [5.41, 5.74) is 1.70. The highest BCUT2D eigenvalue weighted by atomic mass is 32.2. The Bertz CT molecular complexity index is 837. The lowest BCUT2D eigenvalue weighted by atomic mass is 9.86. The highest BCUT2D eigenvalue weighted by Crippen LogP contribution is 2.30. The molecule has 1 amide bonds. The van der Waals surface area contributed by atoms with Gasteiger partial charge in [0.2, 0.25) is 10.0 Å². The van der Waals surface area contributed by atoms with Crippen LogP contribution in [-0.4, -0.2) is 45.7 Å². The topological polar surface area (TPSA) is 92.8 Å². The minimum absolute atomic E-state index is 0.145. The molecule has 0 unspecified atom stereocenters. The average Bonchev–Trinajstić information content (AvgIpc) is 3.05. The number of nitrogens with zero attached hydrogens (tertiary/aromatic N) is 1. The van der Waals surface area contributed by atoms with Crippen LogP contribution in [-0.2, 0) is 26.0 Å². The SMILES string of the molecule is C[C@@H]1CCCC[C@H]1NC(=O)COC(=O)c1ccc2c(c1)CCN2S(C)(=O)=O. The number of carbonyl (C=O) groups excluding carboxylic acids is 2. The first-order chi connectivity index (χ1) is 12.8. The second-order valence-corrected chi connectivity index (χ2v) is 9.35. The largest absolute Gasteiger partial charge is 0.452 e. The van der Waals surface area contributed by atoms with Crippen LogP contribution in [0.4, 0.5) is 5.69 Å². The zero-order valence-electron chi connectivity index (χ0n) is 15.7. The number of amides is 1. The molecule has 0 bridgehead atoms. The normalized spacial score (nSPS) is 22.2. The van der Waals surface area contributed by atoms with E-state index in [-0.39, 0.29) is 18.6 Å². The van der Waals surface area contributed by atoms with Gasteiger partial charge in [0, 0.05) is 12.6 Å². The van der Waals surface area contributed by atoms with Crippen LogP contribution >= 0.6 is 0 Å². The first kappa shape index (κ1) is 19.7. The monoisotopic (exact) mass is 394 g/mol. The number of carbonyl (C=O) groups is 2. The van der Waals surface area contributed by atoms with E-state index in [4.69, 9.17) is 4.74 Å². The van der Waals surface area contributed by atoms with Crippen LogP contribution in [0.3, 0.4) is 0 Å². The van der Waals surface area contributed by atoms with Crippen LogP contribution < -0.4 is 9.62 Å². The molecular weight excluding hydrogens is 368 g/mol. The number of fused-ring (bicyclic) bond motifs is 1. The highest BCUT2D eigenvalue weighted by Gasteiger charge is 2.27. The first-order valence-corrected chi connectivity index (χ1v) is 11.2. The highest BCUT2D eigenvalue weighted by molar-refractivity contribution is 7.92. The van der Waals surface area contributed by atoms with Crippen LogP contribution in [0, 0.1) is 5.92 Å². The van der Waals surface area contributed by atoms with E-state index in [2.05, 4.69) is 12.2 Å². The molecule has 3 rings (SSSR count). The minimum atomic E-state index is -3.33. The summed E-state index contributed by atoms with van der Waals surface area (Å²) >= 11 is 0. The molecule has 1 aliphatic heterocycles. The molecule has 2 atom stereocenters. The van der Waals surface area contributed by atoms with Crippen molar-refractivity contribution in [1.29, 1.82) is 0 Å². The number of hydrogen-bond donors (Lipinski definition) is 1. The van der Waals surface area contributed by atoms with E-state index in [0.29, 0.717) is 30.1 Å². The number of nitrogens with one attached hydrogen (secondary N) is 1. The van der Waals surface area contributed by atoms with E-state index >= 15 is 0 Å². The van der Waals surface area contributed by atoms with Gasteiger partial charge >= 0.3 is 5.97 Å². The molecule has 1 fully saturated rings. The molecule has 1 aromatic carbocycles. The van der Waals surface area contributed by atoms with Crippen molar-refractivity contribution in [2.45, 2.75) is 45.1 Å². The minimum Gasteiger partial charge on any atom is -0.452 e. The second kappa shape index (κ2) is 7.88. The maximum Gasteiger partial charge on any atom is 0.338 e. The second-order valence-electron chi connectivity index (χ2n) is 7.44. The zero-order chi connectivity index (χ0) is 19.6. The smallest absolute Gasteiger partial charge is 0.338 e. The van der Waals surface area contributed by atoms with E-state index in [0.717, 1.165) is 31.1 Å². The Balaban J connectivity index is 1.57. The number of ether oxygens (including phenoxy) is 1. The van der Waals surface area contributed by atoms with Gasteiger partial charge in [0.05, 0.1) is 17.5 Å². The van der Waals surface area contributed by atoms with Gasteiger partial charge in [-0.25, -0.2) is 13.2 Å². The Labute approximate surface area is 160 Å². The summed E-state index contributed by atoms with van der Waals surface area (Å²) in [6.07, 6.45) is 6.07. The lowest BCUT2D eigenvalue weighted by Gasteiger charge is -2.29. The zero-order valence-corrected chi connectivity index (χ0v) is 16.5. The van der Waals surface area contributed by atoms with Crippen LogP contribution in [0.5, 0.6) is 0 Å². The molecule has 2 aliphatic rings. The van der Waals surface area contributed by atoms with Gasteiger partial charge in [0.25, 0.3) is 5.91 Å². The standard InChI is InChI=1S/C19H26N2O5S/c1-13-5-3-4-6-16(13)20-18(22)12-26-19(23)15-7-8-17-14(11-15)9-10-21(17)27(2,24)25/h7-8,11,13,16H,3-6,9-10,12H2,1-2H3,(H,20,22)/t13-,16-/m1/s1. The fourth-order valence-corrected chi connectivity index (χ4v) is 4.79. The van der Waals surface area contributed by atoms with E-state index < -0.39 is 16.0 Å². The summed E-state index contributed by atoms with van der Waals surface area (Å²) in [4.78, 5) is 24.3. The molecule has 27 heavy (non-hydrogen) atoms. The van der Waals surface area contributed by atoms with Gasteiger partial charge < -0.3 is 10.1 Å². The molecule has 148 valence electrons. The fraction of sp³-hybridized carbons (Fsp3) is 0.579. The fourth-order valence-electron chi connectivity index (χ4n) is 3.84. The number of hydrogen-bond acceptors (Lipinski definition) is 5. The Kier molecular flexibility index (Phi) is 5.74. The lowest BCUT2D eigenvalue weighted by Crippen LogP contribution is -2.42. The van der Waals surface area contributed by atoms with Crippen molar-refractivity contribution >= 4 is 27.6 Å². The van der Waals surface area contributed by atoms with Gasteiger partial charge in [-0.1, -0.05) is 19.8 Å². The lowest BCUT2D eigenvalue weighted by molar-refractivity contribution is -0.125. The molecule has 0 aromatic heterocycles. The number of anilines is 1. The van der Waals surface area contributed by atoms with Crippen LogP contribution in [0.25, 0.3) is 0 Å². The number of rotatable bonds is 5. The van der Waals surface area contributed by atoms with E-state index in [9.17, 15) is 18.0 Å². The molecule has 1 aromatic rings. The number of benzene rings is 1. The number of sulfonamides is 1.